The summed E-state index contributed by atoms with van der Waals surface area (Å²) in [4.78, 5) is 2.13. The van der Waals surface area contributed by atoms with Gasteiger partial charge in [0.1, 0.15) is 5.82 Å². The fraction of sp³-hybridized carbons (Fsp3) is 0.500. The molecule has 0 saturated heterocycles. The molecule has 0 aliphatic rings. The van der Waals surface area contributed by atoms with Crippen LogP contribution in [0.25, 0.3) is 0 Å². The molecule has 0 aromatic heterocycles. The molecule has 3 nitrogen and oxygen atoms in total. The van der Waals surface area contributed by atoms with Crippen LogP contribution in [0, 0.1) is 5.82 Å². The van der Waals surface area contributed by atoms with Crippen molar-refractivity contribution in [1.82, 2.24) is 4.90 Å². The Bertz CT molecular complexity index is 295. The van der Waals surface area contributed by atoms with E-state index < -0.39 is 0 Å². The van der Waals surface area contributed by atoms with E-state index in [1.54, 1.807) is 12.1 Å². The number of ether oxygens (including phenoxy) is 1. The molecule has 0 radical (unpaired) electrons. The molecule has 0 unspecified atom stereocenters. The fourth-order valence-corrected chi connectivity index (χ4v) is 1.39. The Kier molecular flexibility index (Phi) is 8.99. The van der Waals surface area contributed by atoms with Crippen molar-refractivity contribution in [2.24, 2.45) is 5.73 Å². The Balaban J connectivity index is 0.00000256. The molecule has 0 fully saturated rings. The van der Waals surface area contributed by atoms with Crippen LogP contribution in [0.15, 0.2) is 24.3 Å². The van der Waals surface area contributed by atoms with Gasteiger partial charge in [0.05, 0.1) is 13.2 Å². The van der Waals surface area contributed by atoms with Crippen LogP contribution < -0.4 is 5.73 Å². The first-order chi connectivity index (χ1) is 7.72. The third kappa shape index (κ3) is 7.28. The summed E-state index contributed by atoms with van der Waals surface area (Å²) in [6.45, 7) is 3.48. The third-order valence-electron chi connectivity index (χ3n) is 2.25. The second-order valence-corrected chi connectivity index (χ2v) is 3.77. The average Bonchev–Trinajstić information content (AvgIpc) is 2.28. The summed E-state index contributed by atoms with van der Waals surface area (Å²) in [7, 11) is 2.01. The molecular formula is C12H20ClFN2O. The minimum atomic E-state index is -0.197. The van der Waals surface area contributed by atoms with Gasteiger partial charge in [0.2, 0.25) is 0 Å². The van der Waals surface area contributed by atoms with Crippen molar-refractivity contribution in [3.63, 3.8) is 0 Å². The molecule has 0 spiro atoms. The number of rotatable bonds is 7. The number of nitrogens with two attached hydrogens (primary N) is 1. The van der Waals surface area contributed by atoms with Gasteiger partial charge in [0, 0.05) is 19.6 Å². The molecule has 0 aliphatic carbocycles. The van der Waals surface area contributed by atoms with Crippen molar-refractivity contribution in [3.05, 3.63) is 35.6 Å². The van der Waals surface area contributed by atoms with Crippen molar-refractivity contribution >= 4 is 12.4 Å². The summed E-state index contributed by atoms with van der Waals surface area (Å²) in [5, 5.41) is 0. The molecule has 0 amide bonds. The highest BCUT2D eigenvalue weighted by molar-refractivity contribution is 5.85. The van der Waals surface area contributed by atoms with Crippen LogP contribution in [0.5, 0.6) is 0 Å². The van der Waals surface area contributed by atoms with Gasteiger partial charge >= 0.3 is 0 Å². The third-order valence-corrected chi connectivity index (χ3v) is 2.25. The summed E-state index contributed by atoms with van der Waals surface area (Å²) in [5.41, 5.74) is 6.41. The van der Waals surface area contributed by atoms with Gasteiger partial charge in [-0.25, -0.2) is 4.39 Å². The molecule has 0 heterocycles. The molecular weight excluding hydrogens is 243 g/mol. The maximum Gasteiger partial charge on any atom is 0.123 e. The number of nitrogens with zero attached hydrogens (tertiary/aromatic N) is 1. The molecule has 17 heavy (non-hydrogen) atoms. The van der Waals surface area contributed by atoms with Crippen molar-refractivity contribution in [1.29, 1.82) is 0 Å². The first kappa shape index (κ1) is 16.3. The van der Waals surface area contributed by atoms with E-state index in [4.69, 9.17) is 10.5 Å². The number of likely N-dealkylation sites (N-methyl/N-ethyl adjacent to an activating group) is 1. The van der Waals surface area contributed by atoms with Crippen LogP contribution in [0.1, 0.15) is 5.56 Å². The summed E-state index contributed by atoms with van der Waals surface area (Å²) in [5.74, 6) is -0.197. The first-order valence-electron chi connectivity index (χ1n) is 5.43. The van der Waals surface area contributed by atoms with Crippen molar-refractivity contribution < 1.29 is 9.13 Å². The zero-order valence-electron chi connectivity index (χ0n) is 10.1. The van der Waals surface area contributed by atoms with Gasteiger partial charge in [-0.3, -0.25) is 4.90 Å². The molecule has 0 bridgehead atoms. The second kappa shape index (κ2) is 9.36. The Labute approximate surface area is 108 Å². The topological polar surface area (TPSA) is 38.5 Å². The number of hydrogen-bond acceptors (Lipinski definition) is 3. The van der Waals surface area contributed by atoms with Crippen molar-refractivity contribution in [2.75, 3.05) is 33.4 Å². The Hall–Kier alpha value is -0.680. The monoisotopic (exact) mass is 262 g/mol. The van der Waals surface area contributed by atoms with E-state index in [0.29, 0.717) is 19.8 Å². The minimum absolute atomic E-state index is 0. The van der Waals surface area contributed by atoms with Crippen LogP contribution in [-0.2, 0) is 11.3 Å². The maximum atomic E-state index is 12.7. The standard InChI is InChI=1S/C12H19FN2O.ClH/c1-15(7-9-16-8-6-14)10-11-2-4-12(13)5-3-11;/h2-5H,6-10,14H2,1H3;1H. The van der Waals surface area contributed by atoms with E-state index >= 15 is 0 Å². The van der Waals surface area contributed by atoms with E-state index in [0.717, 1.165) is 18.7 Å². The lowest BCUT2D eigenvalue weighted by molar-refractivity contribution is 0.115. The lowest BCUT2D eigenvalue weighted by atomic mass is 10.2. The van der Waals surface area contributed by atoms with Gasteiger partial charge in [-0.2, -0.15) is 0 Å². The number of benzene rings is 1. The Morgan fingerprint density at radius 1 is 1.24 bits per heavy atom. The zero-order chi connectivity index (χ0) is 11.8. The number of halogens is 2. The van der Waals surface area contributed by atoms with Gasteiger partial charge in [-0.15, -0.1) is 12.4 Å². The first-order valence-corrected chi connectivity index (χ1v) is 5.43. The molecule has 2 N–H and O–H groups in total. The predicted octanol–water partition coefficient (Wildman–Crippen LogP) is 1.65. The summed E-state index contributed by atoms with van der Waals surface area (Å²) in [6, 6.07) is 6.56. The van der Waals surface area contributed by atoms with E-state index in [2.05, 4.69) is 4.90 Å². The zero-order valence-corrected chi connectivity index (χ0v) is 10.9. The average molecular weight is 263 g/mol. The molecule has 1 aromatic carbocycles. The van der Waals surface area contributed by atoms with Gasteiger partial charge in [0.15, 0.2) is 0 Å². The van der Waals surface area contributed by atoms with Gasteiger partial charge < -0.3 is 10.5 Å². The highest BCUT2D eigenvalue weighted by Gasteiger charge is 2.00. The molecule has 5 heteroatoms. The summed E-state index contributed by atoms with van der Waals surface area (Å²) >= 11 is 0. The predicted molar refractivity (Wildman–Crippen MR) is 69.9 cm³/mol. The summed E-state index contributed by atoms with van der Waals surface area (Å²) < 4.78 is 17.9. The number of hydrogen-bond donors (Lipinski definition) is 1. The van der Waals surface area contributed by atoms with E-state index in [1.807, 2.05) is 7.05 Å². The van der Waals surface area contributed by atoms with Crippen LogP contribution in [0.2, 0.25) is 0 Å². The highest BCUT2D eigenvalue weighted by Crippen LogP contribution is 2.05. The van der Waals surface area contributed by atoms with E-state index in [1.165, 1.54) is 12.1 Å². The van der Waals surface area contributed by atoms with Crippen molar-refractivity contribution in [2.45, 2.75) is 6.54 Å². The van der Waals surface area contributed by atoms with Crippen LogP contribution >= 0.6 is 12.4 Å². The Morgan fingerprint density at radius 3 is 2.47 bits per heavy atom. The van der Waals surface area contributed by atoms with Gasteiger partial charge in [0.25, 0.3) is 0 Å². The van der Waals surface area contributed by atoms with Crippen molar-refractivity contribution in [3.8, 4) is 0 Å². The maximum absolute atomic E-state index is 12.7. The molecule has 98 valence electrons. The van der Waals surface area contributed by atoms with E-state index in [9.17, 15) is 4.39 Å². The fourth-order valence-electron chi connectivity index (χ4n) is 1.39. The lowest BCUT2D eigenvalue weighted by Gasteiger charge is -2.16. The Morgan fingerprint density at radius 2 is 1.88 bits per heavy atom. The lowest BCUT2D eigenvalue weighted by Crippen LogP contribution is -2.23. The van der Waals surface area contributed by atoms with E-state index in [-0.39, 0.29) is 18.2 Å². The van der Waals surface area contributed by atoms with Gasteiger partial charge in [-0.05, 0) is 24.7 Å². The normalized spacial score (nSPS) is 10.4. The largest absolute Gasteiger partial charge is 0.379 e. The molecule has 0 atom stereocenters. The van der Waals surface area contributed by atoms with Crippen LogP contribution in [0.3, 0.4) is 0 Å². The second-order valence-electron chi connectivity index (χ2n) is 3.77. The minimum Gasteiger partial charge on any atom is -0.379 e. The van der Waals surface area contributed by atoms with Crippen LogP contribution in [-0.4, -0.2) is 38.3 Å². The molecule has 1 aromatic rings. The summed E-state index contributed by atoms with van der Waals surface area (Å²) in [6.07, 6.45) is 0. The van der Waals surface area contributed by atoms with Crippen LogP contribution in [0.4, 0.5) is 4.39 Å². The smallest absolute Gasteiger partial charge is 0.123 e. The highest BCUT2D eigenvalue weighted by atomic mass is 35.5. The molecule has 0 aliphatic heterocycles. The molecule has 0 saturated carbocycles. The molecule has 1 rings (SSSR count). The quantitative estimate of drug-likeness (QED) is 0.760. The van der Waals surface area contributed by atoms with Gasteiger partial charge in [-0.1, -0.05) is 12.1 Å². The SMILES string of the molecule is CN(CCOCCN)Cc1ccc(F)cc1.Cl.